The lowest BCUT2D eigenvalue weighted by molar-refractivity contribution is -0.00398. The molecule has 2 bridgehead atoms. The fourth-order valence-electron chi connectivity index (χ4n) is 3.62. The molecule has 0 aromatic heterocycles. The van der Waals surface area contributed by atoms with Crippen molar-refractivity contribution in [3.8, 4) is 0 Å². The summed E-state index contributed by atoms with van der Waals surface area (Å²) in [6.45, 7) is 9.48. The van der Waals surface area contributed by atoms with Gasteiger partial charge in [-0.05, 0) is 37.5 Å². The molecule has 3 heteroatoms. The number of alkyl carbamates (subject to hydrolysis) is 1. The zero-order valence-electron chi connectivity index (χ0n) is 10.8. The first kappa shape index (κ1) is 11.7. The second-order valence-corrected chi connectivity index (χ2v) is 6.03. The van der Waals surface area contributed by atoms with Gasteiger partial charge in [0.05, 0.1) is 0 Å². The number of fused-ring (bicyclic) bond motifs is 2. The van der Waals surface area contributed by atoms with Crippen LogP contribution in [0.15, 0.2) is 0 Å². The Labute approximate surface area is 97.9 Å². The van der Waals surface area contributed by atoms with Crippen LogP contribution in [0.2, 0.25) is 0 Å². The molecule has 3 unspecified atom stereocenters. The lowest BCUT2D eigenvalue weighted by Crippen LogP contribution is -2.40. The smallest absolute Gasteiger partial charge is 0.407 e. The van der Waals surface area contributed by atoms with Crippen molar-refractivity contribution < 1.29 is 9.53 Å². The van der Waals surface area contributed by atoms with Crippen LogP contribution in [0.5, 0.6) is 0 Å². The van der Waals surface area contributed by atoms with Gasteiger partial charge in [0.25, 0.3) is 0 Å². The molecule has 3 nitrogen and oxygen atoms in total. The van der Waals surface area contributed by atoms with E-state index in [2.05, 4.69) is 26.1 Å². The fraction of sp³-hybridized carbons (Fsp3) is 0.923. The van der Waals surface area contributed by atoms with Crippen LogP contribution in [-0.4, -0.2) is 18.7 Å². The average Bonchev–Trinajstić information content (AvgIpc) is 2.51. The van der Waals surface area contributed by atoms with E-state index in [9.17, 15) is 4.79 Å². The van der Waals surface area contributed by atoms with Gasteiger partial charge in [0.15, 0.2) is 0 Å². The Kier molecular flexibility index (Phi) is 2.67. The van der Waals surface area contributed by atoms with Crippen LogP contribution in [0.25, 0.3) is 0 Å². The predicted octanol–water partition coefficient (Wildman–Crippen LogP) is 2.95. The SMILES string of the molecule is CCNC(=O)OC1CC2CCC1(C)C2(C)C. The number of ether oxygens (including phenoxy) is 1. The third-order valence-corrected chi connectivity index (χ3v) is 5.28. The summed E-state index contributed by atoms with van der Waals surface area (Å²) in [4.78, 5) is 11.5. The van der Waals surface area contributed by atoms with Crippen LogP contribution >= 0.6 is 0 Å². The van der Waals surface area contributed by atoms with E-state index in [4.69, 9.17) is 4.74 Å². The molecule has 0 radical (unpaired) electrons. The second-order valence-electron chi connectivity index (χ2n) is 6.03. The minimum absolute atomic E-state index is 0.104. The summed E-state index contributed by atoms with van der Waals surface area (Å²) in [6, 6.07) is 0. The fourth-order valence-corrected chi connectivity index (χ4v) is 3.62. The van der Waals surface area contributed by atoms with Gasteiger partial charge >= 0.3 is 6.09 Å². The Bertz CT molecular complexity index is 300. The quantitative estimate of drug-likeness (QED) is 0.784. The zero-order valence-corrected chi connectivity index (χ0v) is 10.8. The predicted molar refractivity (Wildman–Crippen MR) is 63.2 cm³/mol. The number of carbonyl (C=O) groups is 1. The van der Waals surface area contributed by atoms with Crippen LogP contribution in [0.4, 0.5) is 4.79 Å². The van der Waals surface area contributed by atoms with Gasteiger partial charge in [-0.25, -0.2) is 4.79 Å². The number of amides is 1. The maximum absolute atomic E-state index is 11.5. The number of hydrogen-bond acceptors (Lipinski definition) is 2. The highest BCUT2D eigenvalue weighted by molar-refractivity contribution is 5.67. The number of nitrogens with one attached hydrogen (secondary N) is 1. The molecule has 2 aliphatic carbocycles. The van der Waals surface area contributed by atoms with Crippen molar-refractivity contribution in [1.82, 2.24) is 5.32 Å². The summed E-state index contributed by atoms with van der Waals surface area (Å²) in [5, 5.41) is 2.72. The number of hydrogen-bond donors (Lipinski definition) is 1. The molecule has 1 amide bonds. The van der Waals surface area contributed by atoms with Gasteiger partial charge < -0.3 is 10.1 Å². The largest absolute Gasteiger partial charge is 0.446 e. The van der Waals surface area contributed by atoms with Crippen molar-refractivity contribution in [3.63, 3.8) is 0 Å². The molecule has 0 aromatic rings. The Morgan fingerprint density at radius 2 is 2.12 bits per heavy atom. The van der Waals surface area contributed by atoms with E-state index in [1.807, 2.05) is 6.92 Å². The lowest BCUT2D eigenvalue weighted by Gasteiger charge is -2.38. The summed E-state index contributed by atoms with van der Waals surface area (Å²) in [7, 11) is 0. The summed E-state index contributed by atoms with van der Waals surface area (Å²) < 4.78 is 5.57. The normalized spacial score (nSPS) is 39.8. The van der Waals surface area contributed by atoms with E-state index < -0.39 is 0 Å². The topological polar surface area (TPSA) is 38.3 Å². The monoisotopic (exact) mass is 225 g/mol. The minimum atomic E-state index is -0.253. The van der Waals surface area contributed by atoms with E-state index >= 15 is 0 Å². The highest BCUT2D eigenvalue weighted by Gasteiger charge is 2.62. The van der Waals surface area contributed by atoms with Gasteiger partial charge in [-0.3, -0.25) is 0 Å². The number of rotatable bonds is 2. The molecule has 92 valence electrons. The molecular formula is C13H23NO2. The second kappa shape index (κ2) is 3.64. The highest BCUT2D eigenvalue weighted by atomic mass is 16.6. The van der Waals surface area contributed by atoms with Gasteiger partial charge in [-0.1, -0.05) is 20.8 Å². The molecule has 0 saturated heterocycles. The minimum Gasteiger partial charge on any atom is -0.446 e. The Morgan fingerprint density at radius 1 is 1.44 bits per heavy atom. The van der Waals surface area contributed by atoms with Crippen molar-refractivity contribution in [2.45, 2.75) is 53.1 Å². The summed E-state index contributed by atoms with van der Waals surface area (Å²) in [5.74, 6) is 0.719. The maximum Gasteiger partial charge on any atom is 0.407 e. The molecule has 3 atom stereocenters. The molecule has 1 N–H and O–H groups in total. The maximum atomic E-state index is 11.5. The third kappa shape index (κ3) is 1.44. The summed E-state index contributed by atoms with van der Waals surface area (Å²) in [6.07, 6.45) is 3.37. The van der Waals surface area contributed by atoms with Crippen LogP contribution < -0.4 is 5.32 Å². The van der Waals surface area contributed by atoms with Crippen molar-refractivity contribution in [1.29, 1.82) is 0 Å². The first-order valence-electron chi connectivity index (χ1n) is 6.36. The van der Waals surface area contributed by atoms with Gasteiger partial charge in [-0.2, -0.15) is 0 Å². The van der Waals surface area contributed by atoms with Crippen LogP contribution in [0, 0.1) is 16.7 Å². The van der Waals surface area contributed by atoms with Crippen molar-refractivity contribution in [3.05, 3.63) is 0 Å². The lowest BCUT2D eigenvalue weighted by atomic mass is 9.70. The van der Waals surface area contributed by atoms with E-state index in [1.165, 1.54) is 12.8 Å². The standard InChI is InChI=1S/C13H23NO2/c1-5-14-11(15)16-10-8-9-6-7-13(10,4)12(9,2)3/h9-10H,5-8H2,1-4H3,(H,14,15). The zero-order chi connectivity index (χ0) is 12.0. The Morgan fingerprint density at radius 3 is 2.56 bits per heavy atom. The van der Waals surface area contributed by atoms with Gasteiger partial charge in [0.1, 0.15) is 6.10 Å². The highest BCUT2D eigenvalue weighted by Crippen LogP contribution is 2.66. The molecule has 0 spiro atoms. The Balaban J connectivity index is 2.07. The molecule has 2 aliphatic rings. The summed E-state index contributed by atoms with van der Waals surface area (Å²) >= 11 is 0. The van der Waals surface area contributed by atoms with Gasteiger partial charge in [0, 0.05) is 12.0 Å². The van der Waals surface area contributed by atoms with Crippen LogP contribution in [0.1, 0.15) is 47.0 Å². The average molecular weight is 225 g/mol. The molecular weight excluding hydrogens is 202 g/mol. The van der Waals surface area contributed by atoms with Crippen LogP contribution in [0.3, 0.4) is 0 Å². The molecule has 2 saturated carbocycles. The van der Waals surface area contributed by atoms with E-state index in [0.29, 0.717) is 12.0 Å². The first-order valence-corrected chi connectivity index (χ1v) is 6.36. The third-order valence-electron chi connectivity index (χ3n) is 5.28. The molecule has 16 heavy (non-hydrogen) atoms. The van der Waals surface area contributed by atoms with Crippen molar-refractivity contribution >= 4 is 6.09 Å². The summed E-state index contributed by atoms with van der Waals surface area (Å²) in [5.41, 5.74) is 0.479. The Hall–Kier alpha value is -0.730. The first-order chi connectivity index (χ1) is 7.41. The van der Waals surface area contributed by atoms with Gasteiger partial charge in [-0.15, -0.1) is 0 Å². The van der Waals surface area contributed by atoms with Crippen molar-refractivity contribution in [2.24, 2.45) is 16.7 Å². The molecule has 0 heterocycles. The molecule has 2 rings (SSSR count). The van der Waals surface area contributed by atoms with E-state index in [1.54, 1.807) is 0 Å². The van der Waals surface area contributed by atoms with Crippen molar-refractivity contribution in [2.75, 3.05) is 6.54 Å². The van der Waals surface area contributed by atoms with Gasteiger partial charge in [0.2, 0.25) is 0 Å². The molecule has 0 aliphatic heterocycles. The molecule has 0 aromatic carbocycles. The van der Waals surface area contributed by atoms with Crippen LogP contribution in [-0.2, 0) is 4.74 Å². The molecule has 2 fully saturated rings. The van der Waals surface area contributed by atoms with E-state index in [-0.39, 0.29) is 17.6 Å². The number of carbonyl (C=O) groups excluding carboxylic acids is 1. The van der Waals surface area contributed by atoms with E-state index in [0.717, 1.165) is 12.3 Å².